The molecule has 0 aromatic heterocycles. The standard InChI is InChI=1S/C22H42O4/c1-4-6-16-20(5-2)19-26-22(24)18-15-13-11-9-7-8-10-12-14-17-21(23)25-3/h20H,4-19H2,1-3H3. The van der Waals surface area contributed by atoms with Gasteiger partial charge in [0.2, 0.25) is 0 Å². The Bertz CT molecular complexity index is 341. The van der Waals surface area contributed by atoms with Gasteiger partial charge >= 0.3 is 11.9 Å². The van der Waals surface area contributed by atoms with E-state index in [0.29, 0.717) is 25.4 Å². The van der Waals surface area contributed by atoms with Gasteiger partial charge in [0.15, 0.2) is 0 Å². The Morgan fingerprint density at radius 2 is 1.23 bits per heavy atom. The summed E-state index contributed by atoms with van der Waals surface area (Å²) < 4.78 is 10.1. The predicted octanol–water partition coefficient (Wildman–Crippen LogP) is 6.21. The molecule has 154 valence electrons. The van der Waals surface area contributed by atoms with Gasteiger partial charge in [-0.15, -0.1) is 0 Å². The molecule has 0 fully saturated rings. The molecule has 0 amide bonds. The van der Waals surface area contributed by atoms with Gasteiger partial charge in [0, 0.05) is 12.8 Å². The number of methoxy groups -OCH3 is 1. The van der Waals surface area contributed by atoms with Gasteiger partial charge in [0.25, 0.3) is 0 Å². The molecule has 1 unspecified atom stereocenters. The highest BCUT2D eigenvalue weighted by Gasteiger charge is 2.09. The molecule has 0 aromatic rings. The largest absolute Gasteiger partial charge is 0.469 e. The fourth-order valence-electron chi connectivity index (χ4n) is 3.06. The zero-order valence-corrected chi connectivity index (χ0v) is 17.5. The van der Waals surface area contributed by atoms with Crippen LogP contribution in [0.25, 0.3) is 0 Å². The van der Waals surface area contributed by atoms with Crippen LogP contribution in [-0.2, 0) is 19.1 Å². The summed E-state index contributed by atoms with van der Waals surface area (Å²) in [6.07, 6.45) is 16.0. The molecule has 1 atom stereocenters. The second kappa shape index (κ2) is 18.7. The summed E-state index contributed by atoms with van der Waals surface area (Å²) in [5, 5.41) is 0. The number of esters is 2. The Hall–Kier alpha value is -1.06. The molecule has 0 saturated carbocycles. The van der Waals surface area contributed by atoms with Crippen LogP contribution >= 0.6 is 0 Å². The third-order valence-corrected chi connectivity index (χ3v) is 5.01. The van der Waals surface area contributed by atoms with E-state index in [-0.39, 0.29) is 11.9 Å². The lowest BCUT2D eigenvalue weighted by atomic mass is 10.0. The molecule has 0 aromatic carbocycles. The molecule has 0 saturated heterocycles. The minimum atomic E-state index is -0.102. The normalized spacial score (nSPS) is 12.0. The van der Waals surface area contributed by atoms with E-state index < -0.39 is 0 Å². The van der Waals surface area contributed by atoms with Crippen LogP contribution in [-0.4, -0.2) is 25.7 Å². The summed E-state index contributed by atoms with van der Waals surface area (Å²) in [5.74, 6) is 0.409. The van der Waals surface area contributed by atoms with Crippen molar-refractivity contribution in [2.45, 2.75) is 110 Å². The summed E-state index contributed by atoms with van der Waals surface area (Å²) in [6.45, 7) is 4.97. The highest BCUT2D eigenvalue weighted by molar-refractivity contribution is 5.69. The summed E-state index contributed by atoms with van der Waals surface area (Å²) in [6, 6.07) is 0. The fourth-order valence-corrected chi connectivity index (χ4v) is 3.06. The Kier molecular flexibility index (Phi) is 18.0. The third-order valence-electron chi connectivity index (χ3n) is 5.01. The molecule has 0 heterocycles. The van der Waals surface area contributed by atoms with Crippen LogP contribution in [0.1, 0.15) is 110 Å². The van der Waals surface area contributed by atoms with Crippen LogP contribution in [0.2, 0.25) is 0 Å². The van der Waals surface area contributed by atoms with E-state index in [9.17, 15) is 9.59 Å². The summed E-state index contributed by atoms with van der Waals surface area (Å²) in [4.78, 5) is 22.8. The molecule has 0 N–H and O–H groups in total. The number of hydrogen-bond acceptors (Lipinski definition) is 4. The second-order valence-corrected chi connectivity index (χ2v) is 7.36. The first-order valence-electron chi connectivity index (χ1n) is 10.9. The molecule has 4 nitrogen and oxygen atoms in total. The lowest BCUT2D eigenvalue weighted by Crippen LogP contribution is -2.13. The topological polar surface area (TPSA) is 52.6 Å². The SMILES string of the molecule is CCCCC(CC)COC(=O)CCCCCCCCCCCC(=O)OC. The predicted molar refractivity (Wildman–Crippen MR) is 107 cm³/mol. The lowest BCUT2D eigenvalue weighted by molar-refractivity contribution is -0.145. The van der Waals surface area contributed by atoms with E-state index in [1.54, 1.807) is 0 Å². The average molecular weight is 371 g/mol. The minimum Gasteiger partial charge on any atom is -0.469 e. The maximum atomic E-state index is 11.8. The van der Waals surface area contributed by atoms with Gasteiger partial charge in [0.1, 0.15) is 0 Å². The molecule has 0 bridgehead atoms. The zero-order chi connectivity index (χ0) is 19.5. The highest BCUT2D eigenvalue weighted by Crippen LogP contribution is 2.14. The van der Waals surface area contributed by atoms with Crippen molar-refractivity contribution < 1.29 is 19.1 Å². The van der Waals surface area contributed by atoms with Crippen molar-refractivity contribution in [3.05, 3.63) is 0 Å². The van der Waals surface area contributed by atoms with Crippen molar-refractivity contribution >= 4 is 11.9 Å². The zero-order valence-electron chi connectivity index (χ0n) is 17.5. The van der Waals surface area contributed by atoms with E-state index in [4.69, 9.17) is 4.74 Å². The monoisotopic (exact) mass is 370 g/mol. The summed E-state index contributed by atoms with van der Waals surface area (Å²) >= 11 is 0. The van der Waals surface area contributed by atoms with Crippen LogP contribution in [0.15, 0.2) is 0 Å². The Morgan fingerprint density at radius 1 is 0.731 bits per heavy atom. The summed E-state index contributed by atoms with van der Waals surface area (Å²) in [7, 11) is 1.44. The Labute approximate surface area is 161 Å². The fraction of sp³-hybridized carbons (Fsp3) is 0.909. The first-order chi connectivity index (χ1) is 12.6. The minimum absolute atomic E-state index is 0.0226. The molecule has 0 aliphatic carbocycles. The van der Waals surface area contributed by atoms with E-state index in [1.807, 2.05) is 0 Å². The van der Waals surface area contributed by atoms with Gasteiger partial charge in [-0.25, -0.2) is 0 Å². The van der Waals surface area contributed by atoms with Gasteiger partial charge in [-0.05, 0) is 25.2 Å². The number of unbranched alkanes of at least 4 members (excludes halogenated alkanes) is 9. The van der Waals surface area contributed by atoms with E-state index in [0.717, 1.165) is 32.1 Å². The smallest absolute Gasteiger partial charge is 0.305 e. The lowest BCUT2D eigenvalue weighted by Gasteiger charge is -2.14. The molecule has 0 radical (unpaired) electrons. The van der Waals surface area contributed by atoms with Gasteiger partial charge in [-0.1, -0.05) is 78.1 Å². The van der Waals surface area contributed by atoms with Crippen LogP contribution in [0.5, 0.6) is 0 Å². The number of carbonyl (C=O) groups is 2. The first-order valence-corrected chi connectivity index (χ1v) is 10.9. The van der Waals surface area contributed by atoms with Crippen LogP contribution in [0, 0.1) is 5.92 Å². The molecule has 0 spiro atoms. The van der Waals surface area contributed by atoms with Crippen molar-refractivity contribution in [3.8, 4) is 0 Å². The number of hydrogen-bond donors (Lipinski definition) is 0. The number of rotatable bonds is 18. The van der Waals surface area contributed by atoms with Crippen molar-refractivity contribution in [1.82, 2.24) is 0 Å². The molecule has 0 aliphatic heterocycles. The molecular formula is C22H42O4. The molecule has 26 heavy (non-hydrogen) atoms. The van der Waals surface area contributed by atoms with Crippen LogP contribution < -0.4 is 0 Å². The quantitative estimate of drug-likeness (QED) is 0.212. The first kappa shape index (κ1) is 24.9. The maximum absolute atomic E-state index is 11.8. The summed E-state index contributed by atoms with van der Waals surface area (Å²) in [5.41, 5.74) is 0. The van der Waals surface area contributed by atoms with Crippen molar-refractivity contribution in [2.24, 2.45) is 5.92 Å². The number of ether oxygens (including phenoxy) is 2. The highest BCUT2D eigenvalue weighted by atomic mass is 16.5. The van der Waals surface area contributed by atoms with Crippen LogP contribution in [0.3, 0.4) is 0 Å². The van der Waals surface area contributed by atoms with Gasteiger partial charge in [0.05, 0.1) is 13.7 Å². The third kappa shape index (κ3) is 16.4. The van der Waals surface area contributed by atoms with Crippen molar-refractivity contribution in [1.29, 1.82) is 0 Å². The van der Waals surface area contributed by atoms with E-state index in [2.05, 4.69) is 18.6 Å². The number of carbonyl (C=O) groups excluding carboxylic acids is 2. The van der Waals surface area contributed by atoms with Gasteiger partial charge in [-0.3, -0.25) is 9.59 Å². The average Bonchev–Trinajstić information content (AvgIpc) is 2.65. The van der Waals surface area contributed by atoms with Crippen LogP contribution in [0.4, 0.5) is 0 Å². The Morgan fingerprint density at radius 3 is 1.69 bits per heavy atom. The molecule has 0 rings (SSSR count). The van der Waals surface area contributed by atoms with Gasteiger partial charge < -0.3 is 9.47 Å². The van der Waals surface area contributed by atoms with E-state index >= 15 is 0 Å². The maximum Gasteiger partial charge on any atom is 0.305 e. The van der Waals surface area contributed by atoms with Crippen molar-refractivity contribution in [3.63, 3.8) is 0 Å². The van der Waals surface area contributed by atoms with Crippen molar-refractivity contribution in [2.75, 3.05) is 13.7 Å². The molecular weight excluding hydrogens is 328 g/mol. The Balaban J connectivity index is 3.36. The molecule has 4 heteroatoms. The van der Waals surface area contributed by atoms with E-state index in [1.165, 1.54) is 58.5 Å². The molecule has 0 aliphatic rings. The van der Waals surface area contributed by atoms with Gasteiger partial charge in [-0.2, -0.15) is 0 Å². The second-order valence-electron chi connectivity index (χ2n) is 7.36.